The predicted octanol–water partition coefficient (Wildman–Crippen LogP) is 6.00. The monoisotopic (exact) mass is 307 g/mol. The maximum absolute atomic E-state index is 2.35. The van der Waals surface area contributed by atoms with E-state index in [0.717, 1.165) is 6.54 Å². The predicted molar refractivity (Wildman–Crippen MR) is 102 cm³/mol. The van der Waals surface area contributed by atoms with Gasteiger partial charge in [0.2, 0.25) is 0 Å². The minimum Gasteiger partial charge on any atom is -0.350 e. The minimum atomic E-state index is 0.907. The summed E-state index contributed by atoms with van der Waals surface area (Å²) in [6.07, 6.45) is 4.23. The molecule has 0 saturated carbocycles. The lowest BCUT2D eigenvalue weighted by atomic mass is 9.93. The van der Waals surface area contributed by atoms with Gasteiger partial charge in [-0.1, -0.05) is 60.7 Å². The van der Waals surface area contributed by atoms with Crippen molar-refractivity contribution in [3.05, 3.63) is 96.8 Å². The van der Waals surface area contributed by atoms with Gasteiger partial charge in [0.1, 0.15) is 0 Å². The van der Waals surface area contributed by atoms with Crippen LogP contribution in [0.5, 0.6) is 0 Å². The Morgan fingerprint density at radius 2 is 1.00 bits per heavy atom. The normalized spacial score (nSPS) is 11.5. The van der Waals surface area contributed by atoms with E-state index in [2.05, 4.69) is 95.8 Å². The molecular formula is C23H17N. The smallest absolute Gasteiger partial charge is 0.0470 e. The van der Waals surface area contributed by atoms with Crippen LogP contribution in [0.15, 0.2) is 91.3 Å². The van der Waals surface area contributed by atoms with Crippen LogP contribution in [0, 0.1) is 0 Å². The molecule has 0 fully saturated rings. The molecule has 0 bridgehead atoms. The van der Waals surface area contributed by atoms with Crippen LogP contribution >= 0.6 is 0 Å². The molecule has 0 aliphatic heterocycles. The molecule has 0 aliphatic rings. The van der Waals surface area contributed by atoms with Crippen LogP contribution in [0.1, 0.15) is 5.56 Å². The zero-order chi connectivity index (χ0) is 15.9. The zero-order valence-electron chi connectivity index (χ0n) is 13.3. The van der Waals surface area contributed by atoms with Crippen LogP contribution in [0.3, 0.4) is 0 Å². The Hall–Kier alpha value is -3.06. The highest BCUT2D eigenvalue weighted by molar-refractivity contribution is 6.25. The van der Waals surface area contributed by atoms with Crippen molar-refractivity contribution in [2.75, 3.05) is 0 Å². The molecule has 1 heterocycles. The Morgan fingerprint density at radius 3 is 1.58 bits per heavy atom. The van der Waals surface area contributed by atoms with Crippen molar-refractivity contribution in [1.29, 1.82) is 0 Å². The van der Waals surface area contributed by atoms with Gasteiger partial charge in [0.15, 0.2) is 0 Å². The molecule has 114 valence electrons. The molecule has 5 rings (SSSR count). The highest BCUT2D eigenvalue weighted by atomic mass is 14.9. The average Bonchev–Trinajstić information content (AvgIpc) is 3.15. The average molecular weight is 307 g/mol. The fourth-order valence-electron chi connectivity index (χ4n) is 3.74. The first-order chi connectivity index (χ1) is 11.9. The zero-order valence-corrected chi connectivity index (χ0v) is 13.3. The van der Waals surface area contributed by atoms with Crippen molar-refractivity contribution < 1.29 is 0 Å². The van der Waals surface area contributed by atoms with Crippen LogP contribution in [-0.2, 0) is 6.54 Å². The second-order valence-corrected chi connectivity index (χ2v) is 6.33. The summed E-state index contributed by atoms with van der Waals surface area (Å²) in [5, 5.41) is 8.01. The molecule has 0 amide bonds. The number of fused-ring (bicyclic) bond motifs is 6. The van der Waals surface area contributed by atoms with E-state index in [1.165, 1.54) is 37.9 Å². The Morgan fingerprint density at radius 1 is 0.500 bits per heavy atom. The van der Waals surface area contributed by atoms with E-state index in [1.807, 2.05) is 0 Å². The summed E-state index contributed by atoms with van der Waals surface area (Å²) >= 11 is 0. The Kier molecular flexibility index (Phi) is 2.92. The molecule has 1 nitrogen and oxygen atoms in total. The van der Waals surface area contributed by atoms with Crippen molar-refractivity contribution in [3.63, 3.8) is 0 Å². The molecule has 0 radical (unpaired) electrons. The number of hydrogen-bond donors (Lipinski definition) is 0. The van der Waals surface area contributed by atoms with E-state index in [4.69, 9.17) is 0 Å². The van der Waals surface area contributed by atoms with Gasteiger partial charge in [0.05, 0.1) is 0 Å². The molecular weight excluding hydrogens is 290 g/mol. The molecule has 0 unspecified atom stereocenters. The topological polar surface area (TPSA) is 4.93 Å². The molecule has 0 spiro atoms. The molecule has 0 saturated heterocycles. The lowest BCUT2D eigenvalue weighted by molar-refractivity contribution is 0.807. The molecule has 0 aliphatic carbocycles. The van der Waals surface area contributed by atoms with E-state index in [-0.39, 0.29) is 0 Å². The first-order valence-electron chi connectivity index (χ1n) is 8.33. The Bertz CT molecular complexity index is 1130. The van der Waals surface area contributed by atoms with Crippen LogP contribution in [-0.4, -0.2) is 4.57 Å². The van der Waals surface area contributed by atoms with Crippen LogP contribution in [0.25, 0.3) is 32.3 Å². The molecule has 5 aromatic rings. The van der Waals surface area contributed by atoms with E-state index >= 15 is 0 Å². The molecule has 4 aromatic carbocycles. The molecule has 1 aromatic heterocycles. The molecule has 0 atom stereocenters. The highest BCUT2D eigenvalue weighted by Gasteiger charge is 2.08. The van der Waals surface area contributed by atoms with Crippen molar-refractivity contribution in [1.82, 2.24) is 4.57 Å². The van der Waals surface area contributed by atoms with Crippen molar-refractivity contribution >= 4 is 32.3 Å². The maximum Gasteiger partial charge on any atom is 0.0470 e. The van der Waals surface area contributed by atoms with Gasteiger partial charge in [-0.2, -0.15) is 0 Å². The second-order valence-electron chi connectivity index (χ2n) is 6.33. The fraction of sp³-hybridized carbons (Fsp3) is 0.0435. The summed E-state index contributed by atoms with van der Waals surface area (Å²) in [6, 6.07) is 28.5. The lowest BCUT2D eigenvalue weighted by Gasteiger charge is -2.12. The first-order valence-corrected chi connectivity index (χ1v) is 8.33. The van der Waals surface area contributed by atoms with E-state index in [9.17, 15) is 0 Å². The molecule has 24 heavy (non-hydrogen) atoms. The van der Waals surface area contributed by atoms with Gasteiger partial charge in [-0.05, 0) is 56.1 Å². The van der Waals surface area contributed by atoms with Gasteiger partial charge in [-0.25, -0.2) is 0 Å². The standard InChI is InChI=1S/C23H17N/c1-2-9-20-18(7-1)19-8-3-4-10-21(19)23-15-17(11-12-22(20)23)16-24-13-5-6-14-24/h1-15H,16H2. The summed E-state index contributed by atoms with van der Waals surface area (Å²) in [6.45, 7) is 0.907. The first kappa shape index (κ1) is 13.4. The number of nitrogens with zero attached hydrogens (tertiary/aromatic N) is 1. The summed E-state index contributed by atoms with van der Waals surface area (Å²) in [7, 11) is 0. The van der Waals surface area contributed by atoms with Crippen molar-refractivity contribution in [2.24, 2.45) is 0 Å². The summed E-state index contributed by atoms with van der Waals surface area (Å²) in [5.74, 6) is 0. The quantitative estimate of drug-likeness (QED) is 0.353. The highest BCUT2D eigenvalue weighted by Crippen LogP contribution is 2.35. The van der Waals surface area contributed by atoms with E-state index in [0.29, 0.717) is 0 Å². The third-order valence-electron chi connectivity index (χ3n) is 4.84. The van der Waals surface area contributed by atoms with Crippen LogP contribution < -0.4 is 0 Å². The summed E-state index contributed by atoms with van der Waals surface area (Å²) in [5.41, 5.74) is 1.33. The Balaban J connectivity index is 1.85. The fourth-order valence-corrected chi connectivity index (χ4v) is 3.74. The van der Waals surface area contributed by atoms with Crippen molar-refractivity contribution in [2.45, 2.75) is 6.54 Å². The van der Waals surface area contributed by atoms with Gasteiger partial charge >= 0.3 is 0 Å². The second kappa shape index (κ2) is 5.24. The van der Waals surface area contributed by atoms with Crippen LogP contribution in [0.2, 0.25) is 0 Å². The third-order valence-corrected chi connectivity index (χ3v) is 4.84. The van der Waals surface area contributed by atoms with Crippen molar-refractivity contribution in [3.8, 4) is 0 Å². The minimum absolute atomic E-state index is 0.907. The molecule has 0 N–H and O–H groups in total. The molecule has 1 heteroatoms. The van der Waals surface area contributed by atoms with Gasteiger partial charge in [-0.3, -0.25) is 0 Å². The third kappa shape index (κ3) is 2.02. The Labute approximate surface area is 140 Å². The van der Waals surface area contributed by atoms with E-state index in [1.54, 1.807) is 0 Å². The largest absolute Gasteiger partial charge is 0.350 e. The number of benzene rings is 4. The van der Waals surface area contributed by atoms with E-state index < -0.39 is 0 Å². The number of aromatic nitrogens is 1. The van der Waals surface area contributed by atoms with Gasteiger partial charge in [0, 0.05) is 18.9 Å². The SMILES string of the molecule is c1ccc2c(c1)c1ccccc1c1cc(Cn3cccc3)ccc21. The maximum atomic E-state index is 2.35. The van der Waals surface area contributed by atoms with Gasteiger partial charge < -0.3 is 4.57 Å². The number of rotatable bonds is 2. The van der Waals surface area contributed by atoms with Gasteiger partial charge in [-0.15, -0.1) is 0 Å². The van der Waals surface area contributed by atoms with Gasteiger partial charge in [0.25, 0.3) is 0 Å². The van der Waals surface area contributed by atoms with Crippen LogP contribution in [0.4, 0.5) is 0 Å². The lowest BCUT2D eigenvalue weighted by Crippen LogP contribution is -1.96. The summed E-state index contributed by atoms with van der Waals surface area (Å²) in [4.78, 5) is 0. The summed E-state index contributed by atoms with van der Waals surface area (Å²) < 4.78 is 2.21. The number of hydrogen-bond acceptors (Lipinski definition) is 0.